The molecule has 0 aromatic carbocycles. The van der Waals surface area contributed by atoms with Crippen LogP contribution in [0.5, 0.6) is 0 Å². The number of hydrogen-bond acceptors (Lipinski definition) is 3. The number of likely N-dealkylation sites (tertiary alicyclic amines) is 1. The van der Waals surface area contributed by atoms with E-state index in [0.29, 0.717) is 16.6 Å². The van der Waals surface area contributed by atoms with Crippen molar-refractivity contribution in [1.29, 1.82) is 0 Å². The minimum absolute atomic E-state index is 0.0101. The van der Waals surface area contributed by atoms with Crippen molar-refractivity contribution in [3.05, 3.63) is 28.5 Å². The Morgan fingerprint density at radius 1 is 1.53 bits per heavy atom. The van der Waals surface area contributed by atoms with E-state index in [-0.39, 0.29) is 5.91 Å². The number of carbonyl (C=O) groups excluding carboxylic acids is 1. The van der Waals surface area contributed by atoms with Crippen molar-refractivity contribution in [2.24, 2.45) is 0 Å². The number of aromatic nitrogens is 1. The van der Waals surface area contributed by atoms with E-state index < -0.39 is 0 Å². The summed E-state index contributed by atoms with van der Waals surface area (Å²) in [6, 6.07) is 2.16. The first-order valence-electron chi connectivity index (χ1n) is 6.57. The van der Waals surface area contributed by atoms with Gasteiger partial charge in [0.25, 0.3) is 5.91 Å². The topological polar surface area (TPSA) is 36.4 Å². The molecule has 1 atom stereocenters. The Balaban J connectivity index is 2.15. The molecule has 19 heavy (non-hydrogen) atoms. The van der Waals surface area contributed by atoms with E-state index in [0.717, 1.165) is 31.6 Å². The Bertz CT molecular complexity index is 476. The van der Waals surface area contributed by atoms with Gasteiger partial charge in [-0.15, -0.1) is 0 Å². The van der Waals surface area contributed by atoms with Gasteiger partial charge in [-0.1, -0.05) is 11.6 Å². The van der Waals surface area contributed by atoms with Gasteiger partial charge in [0, 0.05) is 31.0 Å². The Kier molecular flexibility index (Phi) is 4.42. The molecule has 1 aliphatic rings. The van der Waals surface area contributed by atoms with Crippen LogP contribution in [0.15, 0.2) is 12.3 Å². The van der Waals surface area contributed by atoms with Gasteiger partial charge in [0.2, 0.25) is 0 Å². The van der Waals surface area contributed by atoms with Crippen LogP contribution in [0.25, 0.3) is 0 Å². The van der Waals surface area contributed by atoms with Crippen molar-refractivity contribution in [3.8, 4) is 0 Å². The van der Waals surface area contributed by atoms with Gasteiger partial charge in [0.1, 0.15) is 0 Å². The Morgan fingerprint density at radius 2 is 2.26 bits per heavy atom. The third-order valence-electron chi connectivity index (χ3n) is 3.63. The van der Waals surface area contributed by atoms with E-state index in [1.165, 1.54) is 0 Å². The maximum Gasteiger partial charge on any atom is 0.256 e. The van der Waals surface area contributed by atoms with Crippen LogP contribution in [0.4, 0.5) is 0 Å². The van der Waals surface area contributed by atoms with Gasteiger partial charge in [0.15, 0.2) is 0 Å². The number of nitrogens with zero attached hydrogens (tertiary/aromatic N) is 3. The highest BCUT2D eigenvalue weighted by Crippen LogP contribution is 2.21. The summed E-state index contributed by atoms with van der Waals surface area (Å²) < 4.78 is 0. The molecular formula is C14H20ClN3O. The molecule has 1 aromatic heterocycles. The number of piperidine rings is 1. The first-order valence-corrected chi connectivity index (χ1v) is 6.94. The second kappa shape index (κ2) is 5.88. The third kappa shape index (κ3) is 3.25. The van der Waals surface area contributed by atoms with E-state index >= 15 is 0 Å². The fraction of sp³-hybridized carbons (Fsp3) is 0.571. The first-order chi connectivity index (χ1) is 8.99. The average Bonchev–Trinajstić information content (AvgIpc) is 2.38. The molecule has 1 fully saturated rings. The van der Waals surface area contributed by atoms with Crippen molar-refractivity contribution >= 4 is 17.5 Å². The summed E-state index contributed by atoms with van der Waals surface area (Å²) in [5, 5.41) is 0.490. The standard InChI is InChI=1S/C14H20ClN3O/c1-10-7-13(15)12(8-16-10)14(19)18-6-4-5-11(9-18)17(2)3/h7-8,11H,4-6,9H2,1-3H3. The van der Waals surface area contributed by atoms with Crippen LogP contribution < -0.4 is 0 Å². The fourth-order valence-electron chi connectivity index (χ4n) is 2.41. The molecule has 4 nitrogen and oxygen atoms in total. The number of halogens is 1. The Labute approximate surface area is 119 Å². The van der Waals surface area contributed by atoms with Crippen LogP contribution in [0.1, 0.15) is 28.9 Å². The number of aryl methyl sites for hydroxylation is 1. The summed E-state index contributed by atoms with van der Waals surface area (Å²) in [6.07, 6.45) is 3.75. The van der Waals surface area contributed by atoms with Crippen LogP contribution in [0.2, 0.25) is 5.02 Å². The van der Waals surface area contributed by atoms with Crippen LogP contribution in [-0.4, -0.2) is 53.9 Å². The van der Waals surface area contributed by atoms with Gasteiger partial charge in [0.05, 0.1) is 10.6 Å². The lowest BCUT2D eigenvalue weighted by Crippen LogP contribution is -2.47. The highest BCUT2D eigenvalue weighted by molar-refractivity contribution is 6.33. The van der Waals surface area contributed by atoms with E-state index in [2.05, 4.69) is 24.0 Å². The molecule has 0 saturated carbocycles. The maximum absolute atomic E-state index is 12.5. The predicted molar refractivity (Wildman–Crippen MR) is 76.6 cm³/mol. The number of carbonyl (C=O) groups is 1. The van der Waals surface area contributed by atoms with Crippen molar-refractivity contribution in [1.82, 2.24) is 14.8 Å². The van der Waals surface area contributed by atoms with Crippen molar-refractivity contribution < 1.29 is 4.79 Å². The minimum atomic E-state index is -0.0101. The lowest BCUT2D eigenvalue weighted by molar-refractivity contribution is 0.0635. The van der Waals surface area contributed by atoms with Gasteiger partial charge in [-0.3, -0.25) is 9.78 Å². The molecule has 2 heterocycles. The summed E-state index contributed by atoms with van der Waals surface area (Å²) in [5.74, 6) is -0.0101. The first kappa shape index (κ1) is 14.3. The number of likely N-dealkylation sites (N-methyl/N-ethyl adjacent to an activating group) is 1. The average molecular weight is 282 g/mol. The zero-order valence-electron chi connectivity index (χ0n) is 11.7. The molecule has 1 aliphatic heterocycles. The fourth-order valence-corrected chi connectivity index (χ4v) is 2.70. The zero-order valence-corrected chi connectivity index (χ0v) is 12.4. The van der Waals surface area contributed by atoms with E-state index in [1.54, 1.807) is 12.3 Å². The van der Waals surface area contributed by atoms with Crippen molar-refractivity contribution in [3.63, 3.8) is 0 Å². The second-order valence-electron chi connectivity index (χ2n) is 5.32. The number of rotatable bonds is 2. The molecule has 104 valence electrons. The lowest BCUT2D eigenvalue weighted by Gasteiger charge is -2.36. The normalized spacial score (nSPS) is 19.8. The summed E-state index contributed by atoms with van der Waals surface area (Å²) in [6.45, 7) is 3.42. The van der Waals surface area contributed by atoms with Crippen LogP contribution in [-0.2, 0) is 0 Å². The highest BCUT2D eigenvalue weighted by Gasteiger charge is 2.26. The zero-order chi connectivity index (χ0) is 14.0. The number of amides is 1. The lowest BCUT2D eigenvalue weighted by atomic mass is 10.0. The van der Waals surface area contributed by atoms with Gasteiger partial charge < -0.3 is 9.80 Å². The summed E-state index contributed by atoms with van der Waals surface area (Å²) >= 11 is 6.14. The number of pyridine rings is 1. The van der Waals surface area contributed by atoms with Crippen LogP contribution in [0.3, 0.4) is 0 Å². The second-order valence-corrected chi connectivity index (χ2v) is 5.72. The minimum Gasteiger partial charge on any atom is -0.337 e. The molecule has 2 rings (SSSR count). The predicted octanol–water partition coefficient (Wildman–Crippen LogP) is 2.21. The molecule has 0 bridgehead atoms. The van der Waals surface area contributed by atoms with E-state index in [9.17, 15) is 4.79 Å². The van der Waals surface area contributed by atoms with Crippen molar-refractivity contribution in [2.45, 2.75) is 25.8 Å². The van der Waals surface area contributed by atoms with E-state index in [4.69, 9.17) is 11.6 Å². The van der Waals surface area contributed by atoms with Crippen molar-refractivity contribution in [2.75, 3.05) is 27.2 Å². The smallest absolute Gasteiger partial charge is 0.256 e. The quantitative estimate of drug-likeness (QED) is 0.834. The molecule has 1 unspecified atom stereocenters. The molecule has 0 aliphatic carbocycles. The molecule has 1 aromatic rings. The Morgan fingerprint density at radius 3 is 2.89 bits per heavy atom. The molecule has 1 amide bonds. The molecule has 5 heteroatoms. The van der Waals surface area contributed by atoms with E-state index in [1.807, 2.05) is 11.8 Å². The Hall–Kier alpha value is -1.13. The summed E-state index contributed by atoms with van der Waals surface area (Å²) in [4.78, 5) is 20.7. The molecule has 1 saturated heterocycles. The summed E-state index contributed by atoms with van der Waals surface area (Å²) in [7, 11) is 4.11. The molecule has 0 radical (unpaired) electrons. The van der Waals surface area contributed by atoms with Gasteiger partial charge in [-0.2, -0.15) is 0 Å². The largest absolute Gasteiger partial charge is 0.337 e. The third-order valence-corrected chi connectivity index (χ3v) is 3.95. The van der Waals surface area contributed by atoms with Crippen LogP contribution in [0, 0.1) is 6.92 Å². The van der Waals surface area contributed by atoms with Gasteiger partial charge >= 0.3 is 0 Å². The van der Waals surface area contributed by atoms with Gasteiger partial charge in [-0.05, 0) is 39.9 Å². The SMILES string of the molecule is Cc1cc(Cl)c(C(=O)N2CCCC(N(C)C)C2)cn1. The maximum atomic E-state index is 12.5. The monoisotopic (exact) mass is 281 g/mol. The van der Waals surface area contributed by atoms with Crippen LogP contribution >= 0.6 is 11.6 Å². The van der Waals surface area contributed by atoms with Gasteiger partial charge in [-0.25, -0.2) is 0 Å². The number of hydrogen-bond donors (Lipinski definition) is 0. The highest BCUT2D eigenvalue weighted by atomic mass is 35.5. The molecular weight excluding hydrogens is 262 g/mol. The molecule has 0 spiro atoms. The molecule has 0 N–H and O–H groups in total. The summed E-state index contributed by atoms with van der Waals surface area (Å²) in [5.41, 5.74) is 1.33.